The number of rotatable bonds is 4. The first-order chi connectivity index (χ1) is 7.36. The third-order valence-electron chi connectivity index (χ3n) is 2.39. The lowest BCUT2D eigenvalue weighted by Crippen LogP contribution is -2.38. The summed E-state index contributed by atoms with van der Waals surface area (Å²) in [6.45, 7) is 1.10. The lowest BCUT2D eigenvalue weighted by molar-refractivity contribution is -0.163. The van der Waals surface area contributed by atoms with E-state index in [4.69, 9.17) is 10.2 Å². The minimum absolute atomic E-state index is 0.255. The Hall–Kier alpha value is -1.91. The average Bonchev–Trinajstić information content (AvgIpc) is 2.16. The predicted molar refractivity (Wildman–Crippen MR) is 53.5 cm³/mol. The van der Waals surface area contributed by atoms with Gasteiger partial charge in [-0.15, -0.1) is 0 Å². The van der Waals surface area contributed by atoms with Crippen molar-refractivity contribution in [3.63, 3.8) is 0 Å². The van der Waals surface area contributed by atoms with Gasteiger partial charge >= 0.3 is 11.9 Å². The fourth-order valence-corrected chi connectivity index (χ4v) is 1.30. The van der Waals surface area contributed by atoms with Crippen LogP contribution in [0.2, 0.25) is 0 Å². The van der Waals surface area contributed by atoms with Gasteiger partial charge in [0.25, 0.3) is 0 Å². The number of carboxylic acids is 2. The molecule has 5 heteroatoms. The third-order valence-corrected chi connectivity index (χ3v) is 2.39. The monoisotopic (exact) mass is 226 g/mol. The number of hydrogen-bond acceptors (Lipinski definition) is 2. The topological polar surface area (TPSA) is 74.6 Å². The number of carbonyl (C=O) groups is 2. The highest BCUT2D eigenvalue weighted by Gasteiger charge is 2.41. The molecule has 0 aliphatic rings. The van der Waals surface area contributed by atoms with Gasteiger partial charge < -0.3 is 10.2 Å². The first-order valence-electron chi connectivity index (χ1n) is 4.57. The zero-order valence-corrected chi connectivity index (χ0v) is 8.61. The maximum Gasteiger partial charge on any atom is 0.321 e. The Morgan fingerprint density at radius 1 is 1.31 bits per heavy atom. The van der Waals surface area contributed by atoms with Crippen molar-refractivity contribution < 1.29 is 24.2 Å². The van der Waals surface area contributed by atoms with E-state index < -0.39 is 23.2 Å². The molecule has 0 unspecified atom stereocenters. The largest absolute Gasteiger partial charge is 0.480 e. The van der Waals surface area contributed by atoms with Gasteiger partial charge in [0.2, 0.25) is 0 Å². The van der Waals surface area contributed by atoms with Crippen molar-refractivity contribution in [1.29, 1.82) is 0 Å². The van der Waals surface area contributed by atoms with Crippen LogP contribution in [-0.2, 0) is 16.0 Å². The van der Waals surface area contributed by atoms with E-state index in [0.29, 0.717) is 5.56 Å². The summed E-state index contributed by atoms with van der Waals surface area (Å²) < 4.78 is 12.8. The Balaban J connectivity index is 3.02. The van der Waals surface area contributed by atoms with Crippen LogP contribution in [0.15, 0.2) is 24.3 Å². The average molecular weight is 226 g/mol. The fraction of sp³-hybridized carbons (Fsp3) is 0.273. The van der Waals surface area contributed by atoms with Gasteiger partial charge in [0.1, 0.15) is 5.82 Å². The van der Waals surface area contributed by atoms with E-state index in [-0.39, 0.29) is 6.42 Å². The zero-order chi connectivity index (χ0) is 12.3. The Labute approximate surface area is 91.3 Å². The summed E-state index contributed by atoms with van der Waals surface area (Å²) in [6, 6.07) is 5.24. The van der Waals surface area contributed by atoms with E-state index in [1.807, 2.05) is 0 Å². The quantitative estimate of drug-likeness (QED) is 0.764. The number of carboxylic acid groups (broad SMARTS) is 2. The highest BCUT2D eigenvalue weighted by Crippen LogP contribution is 2.23. The molecule has 0 heterocycles. The van der Waals surface area contributed by atoms with Crippen LogP contribution in [0.4, 0.5) is 4.39 Å². The van der Waals surface area contributed by atoms with E-state index in [1.165, 1.54) is 18.2 Å². The van der Waals surface area contributed by atoms with Crippen LogP contribution >= 0.6 is 0 Å². The smallest absolute Gasteiger partial charge is 0.321 e. The highest BCUT2D eigenvalue weighted by atomic mass is 19.1. The van der Waals surface area contributed by atoms with Crippen molar-refractivity contribution in [3.8, 4) is 0 Å². The van der Waals surface area contributed by atoms with E-state index in [2.05, 4.69) is 0 Å². The lowest BCUT2D eigenvalue weighted by atomic mass is 9.84. The summed E-state index contributed by atoms with van der Waals surface area (Å²) in [5.74, 6) is -3.40. The molecule has 16 heavy (non-hydrogen) atoms. The van der Waals surface area contributed by atoms with Crippen molar-refractivity contribution in [2.75, 3.05) is 0 Å². The lowest BCUT2D eigenvalue weighted by Gasteiger charge is -2.19. The van der Waals surface area contributed by atoms with Gasteiger partial charge in [0.05, 0.1) is 0 Å². The molecule has 0 fully saturated rings. The molecule has 0 saturated carbocycles. The van der Waals surface area contributed by atoms with Crippen LogP contribution in [0.5, 0.6) is 0 Å². The third kappa shape index (κ3) is 2.36. The summed E-state index contributed by atoms with van der Waals surface area (Å²) in [6.07, 6.45) is -0.255. The molecule has 0 aliphatic heterocycles. The minimum atomic E-state index is -1.94. The molecule has 0 radical (unpaired) electrons. The van der Waals surface area contributed by atoms with Crippen LogP contribution in [0.25, 0.3) is 0 Å². The predicted octanol–water partition coefficient (Wildman–Crippen LogP) is 1.54. The van der Waals surface area contributed by atoms with Gasteiger partial charge in [-0.1, -0.05) is 12.1 Å². The van der Waals surface area contributed by atoms with Crippen molar-refractivity contribution in [3.05, 3.63) is 35.6 Å². The molecule has 0 aliphatic carbocycles. The molecule has 1 aromatic carbocycles. The van der Waals surface area contributed by atoms with Crippen LogP contribution in [0.1, 0.15) is 12.5 Å². The fourth-order valence-electron chi connectivity index (χ4n) is 1.30. The van der Waals surface area contributed by atoms with Crippen molar-refractivity contribution in [2.45, 2.75) is 13.3 Å². The molecule has 0 amide bonds. The molecule has 0 spiro atoms. The van der Waals surface area contributed by atoms with Gasteiger partial charge in [0, 0.05) is 0 Å². The van der Waals surface area contributed by atoms with Gasteiger partial charge in [0.15, 0.2) is 5.41 Å². The summed E-state index contributed by atoms with van der Waals surface area (Å²) in [7, 11) is 0. The van der Waals surface area contributed by atoms with E-state index in [0.717, 1.165) is 13.0 Å². The molecular weight excluding hydrogens is 215 g/mol. The summed E-state index contributed by atoms with van der Waals surface area (Å²) in [5, 5.41) is 17.7. The zero-order valence-electron chi connectivity index (χ0n) is 8.61. The van der Waals surface area contributed by atoms with Gasteiger partial charge in [-0.3, -0.25) is 9.59 Å². The Morgan fingerprint density at radius 2 is 1.88 bits per heavy atom. The summed E-state index contributed by atoms with van der Waals surface area (Å²) in [4.78, 5) is 21.8. The van der Waals surface area contributed by atoms with Crippen LogP contribution in [0.3, 0.4) is 0 Å². The molecule has 1 aromatic rings. The molecule has 1 rings (SSSR count). The number of hydrogen-bond donors (Lipinski definition) is 2. The molecular formula is C11H11FO4. The van der Waals surface area contributed by atoms with Gasteiger partial charge in [-0.2, -0.15) is 0 Å². The maximum absolute atomic E-state index is 12.8. The van der Waals surface area contributed by atoms with Crippen LogP contribution in [-0.4, -0.2) is 22.2 Å². The van der Waals surface area contributed by atoms with Crippen LogP contribution in [0, 0.1) is 11.2 Å². The van der Waals surface area contributed by atoms with Crippen LogP contribution < -0.4 is 0 Å². The van der Waals surface area contributed by atoms with E-state index in [9.17, 15) is 14.0 Å². The van der Waals surface area contributed by atoms with Gasteiger partial charge in [-0.25, -0.2) is 4.39 Å². The highest BCUT2D eigenvalue weighted by molar-refractivity contribution is 5.98. The maximum atomic E-state index is 12.8. The van der Waals surface area contributed by atoms with Crippen molar-refractivity contribution >= 4 is 11.9 Å². The Bertz CT molecular complexity index is 414. The molecule has 2 N–H and O–H groups in total. The minimum Gasteiger partial charge on any atom is -0.480 e. The van der Waals surface area contributed by atoms with Gasteiger partial charge in [-0.05, 0) is 31.0 Å². The van der Waals surface area contributed by atoms with E-state index in [1.54, 1.807) is 0 Å². The molecule has 4 nitrogen and oxygen atoms in total. The summed E-state index contributed by atoms with van der Waals surface area (Å²) >= 11 is 0. The Kier molecular flexibility index (Phi) is 3.27. The molecule has 0 saturated heterocycles. The second-order valence-corrected chi connectivity index (χ2v) is 3.75. The number of halogens is 1. The first kappa shape index (κ1) is 12.2. The van der Waals surface area contributed by atoms with Crippen molar-refractivity contribution in [2.24, 2.45) is 5.41 Å². The first-order valence-corrected chi connectivity index (χ1v) is 4.57. The summed E-state index contributed by atoms with van der Waals surface area (Å²) in [5.41, 5.74) is -1.60. The standard InChI is InChI=1S/C11H11FO4/c1-11(9(13)14,10(15)16)6-7-3-2-4-8(12)5-7/h2-5H,6H2,1H3,(H,13,14)(H,15,16). The molecule has 0 aromatic heterocycles. The molecule has 0 atom stereocenters. The number of aliphatic carboxylic acids is 2. The SMILES string of the molecule is CC(Cc1cccc(F)c1)(C(=O)O)C(=O)O. The molecule has 86 valence electrons. The normalized spacial score (nSPS) is 11.1. The van der Waals surface area contributed by atoms with E-state index >= 15 is 0 Å². The second-order valence-electron chi connectivity index (χ2n) is 3.75. The Morgan fingerprint density at radius 3 is 2.31 bits per heavy atom. The second kappa shape index (κ2) is 4.30. The number of benzene rings is 1. The molecule has 0 bridgehead atoms. The van der Waals surface area contributed by atoms with Crippen molar-refractivity contribution in [1.82, 2.24) is 0 Å².